The van der Waals surface area contributed by atoms with E-state index in [1.54, 1.807) is 18.1 Å². The number of nitrogens with zero attached hydrogens (tertiary/aromatic N) is 1. The topological polar surface area (TPSA) is 42.7 Å². The molecule has 0 bridgehead atoms. The first-order valence-corrected chi connectivity index (χ1v) is 10.8. The SMILES string of the molecule is COc1ccc(N2C(=O)C(=Cc3ccc(-c4cccc(Cl)c4)o3)C=C2c2ccccc2)cc1. The van der Waals surface area contributed by atoms with Crippen molar-refractivity contribution in [1.82, 2.24) is 0 Å². The van der Waals surface area contributed by atoms with Crippen LogP contribution in [0.5, 0.6) is 5.75 Å². The summed E-state index contributed by atoms with van der Waals surface area (Å²) >= 11 is 6.11. The standard InChI is InChI=1S/C28H20ClNO3/c1-32-24-12-10-23(11-13-24)30-26(19-6-3-2-4-7-19)18-21(28(30)31)17-25-14-15-27(33-25)20-8-5-9-22(29)16-20/h2-18H,1H3. The van der Waals surface area contributed by atoms with Crippen LogP contribution in [0.2, 0.25) is 5.02 Å². The average molecular weight is 454 g/mol. The van der Waals surface area contributed by atoms with Crippen LogP contribution >= 0.6 is 11.6 Å². The summed E-state index contributed by atoms with van der Waals surface area (Å²) in [4.78, 5) is 15.2. The fourth-order valence-corrected chi connectivity index (χ4v) is 4.00. The molecule has 1 amide bonds. The Morgan fingerprint density at radius 1 is 0.879 bits per heavy atom. The van der Waals surface area contributed by atoms with Crippen LogP contribution in [-0.2, 0) is 4.79 Å². The maximum Gasteiger partial charge on any atom is 0.263 e. The van der Waals surface area contributed by atoms with Crippen molar-refractivity contribution >= 4 is 35.0 Å². The molecular weight excluding hydrogens is 434 g/mol. The van der Waals surface area contributed by atoms with Gasteiger partial charge in [0.25, 0.3) is 5.91 Å². The first-order chi connectivity index (χ1) is 16.1. The minimum atomic E-state index is -0.125. The highest BCUT2D eigenvalue weighted by Gasteiger charge is 2.30. The van der Waals surface area contributed by atoms with Crippen LogP contribution in [0.4, 0.5) is 5.69 Å². The molecule has 1 aliphatic rings. The van der Waals surface area contributed by atoms with E-state index < -0.39 is 0 Å². The van der Waals surface area contributed by atoms with Gasteiger partial charge in [0.2, 0.25) is 0 Å². The summed E-state index contributed by atoms with van der Waals surface area (Å²) in [7, 11) is 1.62. The zero-order valence-electron chi connectivity index (χ0n) is 17.9. The first kappa shape index (κ1) is 20.9. The molecule has 0 saturated heterocycles. The van der Waals surface area contributed by atoms with E-state index in [0.29, 0.717) is 22.1 Å². The normalized spacial score (nSPS) is 14.6. The molecule has 0 saturated carbocycles. The number of benzene rings is 3. The molecule has 0 spiro atoms. The number of carbonyl (C=O) groups is 1. The lowest BCUT2D eigenvalue weighted by atomic mass is 10.1. The quantitative estimate of drug-likeness (QED) is 0.303. The van der Waals surface area contributed by atoms with Crippen LogP contribution in [0, 0.1) is 0 Å². The van der Waals surface area contributed by atoms with Gasteiger partial charge >= 0.3 is 0 Å². The highest BCUT2D eigenvalue weighted by Crippen LogP contribution is 2.36. The maximum atomic E-state index is 13.5. The lowest BCUT2D eigenvalue weighted by Gasteiger charge is -2.21. The molecule has 1 aromatic heterocycles. The second-order valence-electron chi connectivity index (χ2n) is 7.55. The van der Waals surface area contributed by atoms with Crippen LogP contribution < -0.4 is 9.64 Å². The summed E-state index contributed by atoms with van der Waals surface area (Å²) in [6, 6.07) is 28.5. The van der Waals surface area contributed by atoms with Crippen LogP contribution in [-0.4, -0.2) is 13.0 Å². The highest BCUT2D eigenvalue weighted by atomic mass is 35.5. The Bertz CT molecular complexity index is 1370. The molecule has 4 aromatic rings. The molecule has 0 unspecified atom stereocenters. The van der Waals surface area contributed by atoms with E-state index in [0.717, 1.165) is 28.3 Å². The largest absolute Gasteiger partial charge is 0.497 e. The first-order valence-electron chi connectivity index (χ1n) is 10.5. The van der Waals surface area contributed by atoms with E-state index >= 15 is 0 Å². The molecular formula is C28H20ClNO3. The van der Waals surface area contributed by atoms with Gasteiger partial charge in [0.15, 0.2) is 0 Å². The molecule has 0 radical (unpaired) electrons. The number of hydrogen-bond donors (Lipinski definition) is 0. The molecule has 33 heavy (non-hydrogen) atoms. The van der Waals surface area contributed by atoms with Crippen LogP contribution in [0.3, 0.4) is 0 Å². The Morgan fingerprint density at radius 2 is 1.64 bits per heavy atom. The number of hydrogen-bond acceptors (Lipinski definition) is 3. The molecule has 4 nitrogen and oxygen atoms in total. The van der Waals surface area contributed by atoms with Crippen molar-refractivity contribution in [2.75, 3.05) is 12.0 Å². The van der Waals surface area contributed by atoms with Crippen molar-refractivity contribution in [3.05, 3.63) is 119 Å². The minimum absolute atomic E-state index is 0.125. The van der Waals surface area contributed by atoms with Gasteiger partial charge in [-0.1, -0.05) is 54.1 Å². The van der Waals surface area contributed by atoms with Gasteiger partial charge in [-0.15, -0.1) is 0 Å². The van der Waals surface area contributed by atoms with E-state index in [2.05, 4.69) is 0 Å². The lowest BCUT2D eigenvalue weighted by Crippen LogP contribution is -2.24. The zero-order chi connectivity index (χ0) is 22.8. The Labute approximate surface area is 197 Å². The summed E-state index contributed by atoms with van der Waals surface area (Å²) < 4.78 is 11.3. The maximum absolute atomic E-state index is 13.5. The predicted molar refractivity (Wildman–Crippen MR) is 132 cm³/mol. The predicted octanol–water partition coefficient (Wildman–Crippen LogP) is 7.08. The van der Waals surface area contributed by atoms with Crippen molar-refractivity contribution in [2.45, 2.75) is 0 Å². The highest BCUT2D eigenvalue weighted by molar-refractivity contribution is 6.30. The van der Waals surface area contributed by atoms with Gasteiger partial charge in [-0.3, -0.25) is 9.69 Å². The van der Waals surface area contributed by atoms with Gasteiger partial charge in [0.1, 0.15) is 17.3 Å². The number of rotatable bonds is 5. The van der Waals surface area contributed by atoms with Gasteiger partial charge in [-0.2, -0.15) is 0 Å². The number of halogens is 1. The third-order valence-corrected chi connectivity index (χ3v) is 5.65. The summed E-state index contributed by atoms with van der Waals surface area (Å²) in [5.41, 5.74) is 3.93. The summed E-state index contributed by atoms with van der Waals surface area (Å²) in [5.74, 6) is 1.89. The summed E-state index contributed by atoms with van der Waals surface area (Å²) in [6.45, 7) is 0. The number of carbonyl (C=O) groups excluding carboxylic acids is 1. The number of ether oxygens (including phenoxy) is 1. The van der Waals surface area contributed by atoms with Gasteiger partial charge in [0.05, 0.1) is 12.8 Å². The Kier molecular flexibility index (Phi) is 5.59. The third kappa shape index (κ3) is 4.21. The van der Waals surface area contributed by atoms with E-state index in [-0.39, 0.29) is 5.91 Å². The van der Waals surface area contributed by atoms with E-state index in [1.807, 2.05) is 97.1 Å². The Balaban J connectivity index is 1.53. The minimum Gasteiger partial charge on any atom is -0.497 e. The molecule has 5 rings (SSSR count). The fourth-order valence-electron chi connectivity index (χ4n) is 3.81. The van der Waals surface area contributed by atoms with Crippen molar-refractivity contribution in [2.24, 2.45) is 0 Å². The molecule has 0 aliphatic carbocycles. The molecule has 0 fully saturated rings. The van der Waals surface area contributed by atoms with Gasteiger partial charge in [-0.05, 0) is 66.2 Å². The van der Waals surface area contributed by atoms with Gasteiger partial charge in [-0.25, -0.2) is 0 Å². The van der Waals surface area contributed by atoms with Crippen molar-refractivity contribution < 1.29 is 13.9 Å². The van der Waals surface area contributed by atoms with Crippen molar-refractivity contribution in [3.8, 4) is 17.1 Å². The molecule has 2 heterocycles. The molecule has 1 aliphatic heterocycles. The smallest absolute Gasteiger partial charge is 0.263 e. The van der Waals surface area contributed by atoms with Gasteiger partial charge in [0, 0.05) is 21.8 Å². The van der Waals surface area contributed by atoms with Crippen molar-refractivity contribution in [3.63, 3.8) is 0 Å². The van der Waals surface area contributed by atoms with Gasteiger partial charge < -0.3 is 9.15 Å². The lowest BCUT2D eigenvalue weighted by molar-refractivity contribution is -0.113. The molecule has 0 N–H and O–H groups in total. The van der Waals surface area contributed by atoms with E-state index in [4.69, 9.17) is 20.8 Å². The number of furan rings is 1. The fraction of sp³-hybridized carbons (Fsp3) is 0.0357. The number of amides is 1. The summed E-state index contributed by atoms with van der Waals surface area (Å²) in [6.07, 6.45) is 3.66. The molecule has 3 aromatic carbocycles. The van der Waals surface area contributed by atoms with E-state index in [1.165, 1.54) is 0 Å². The third-order valence-electron chi connectivity index (χ3n) is 5.42. The second kappa shape index (κ2) is 8.85. The second-order valence-corrected chi connectivity index (χ2v) is 7.98. The van der Waals surface area contributed by atoms with Crippen LogP contribution in [0.15, 0.2) is 107 Å². The zero-order valence-corrected chi connectivity index (χ0v) is 18.6. The molecule has 5 heteroatoms. The Morgan fingerprint density at radius 3 is 2.36 bits per heavy atom. The molecule has 0 atom stereocenters. The Hall–Kier alpha value is -4.02. The number of methoxy groups -OCH3 is 1. The molecule has 162 valence electrons. The van der Waals surface area contributed by atoms with Crippen LogP contribution in [0.25, 0.3) is 23.1 Å². The monoisotopic (exact) mass is 453 g/mol. The van der Waals surface area contributed by atoms with Crippen LogP contribution in [0.1, 0.15) is 11.3 Å². The van der Waals surface area contributed by atoms with Crippen molar-refractivity contribution in [1.29, 1.82) is 0 Å². The van der Waals surface area contributed by atoms with E-state index in [9.17, 15) is 4.79 Å². The summed E-state index contributed by atoms with van der Waals surface area (Å²) in [5, 5.41) is 0.639. The number of anilines is 1. The average Bonchev–Trinajstić information content (AvgIpc) is 3.45.